The largest absolute Gasteiger partial charge is 0.508 e. The maximum absolute atomic E-state index is 12.1. The van der Waals surface area contributed by atoms with Gasteiger partial charge in [0.1, 0.15) is 17.6 Å². The van der Waals surface area contributed by atoms with Gasteiger partial charge in [-0.25, -0.2) is 4.79 Å². The summed E-state index contributed by atoms with van der Waals surface area (Å²) in [5, 5.41) is 9.63. The summed E-state index contributed by atoms with van der Waals surface area (Å²) in [4.78, 5) is 23.2. The molecule has 1 aromatic heterocycles. The fraction of sp³-hybridized carbons (Fsp3) is 0.143. The number of carbonyl (C=O) groups is 1. The van der Waals surface area contributed by atoms with Gasteiger partial charge < -0.3 is 14.3 Å². The van der Waals surface area contributed by atoms with E-state index in [0.717, 1.165) is 0 Å². The van der Waals surface area contributed by atoms with Gasteiger partial charge in [-0.3, -0.25) is 4.79 Å². The summed E-state index contributed by atoms with van der Waals surface area (Å²) in [5.41, 5.74) is 0.256. The Morgan fingerprint density at radius 2 is 2.26 bits per heavy atom. The van der Waals surface area contributed by atoms with Crippen molar-refractivity contribution in [3.8, 4) is 5.75 Å². The van der Waals surface area contributed by atoms with Crippen LogP contribution in [-0.2, 0) is 9.53 Å². The van der Waals surface area contributed by atoms with Crippen molar-refractivity contribution in [3.05, 3.63) is 46.3 Å². The van der Waals surface area contributed by atoms with Crippen LogP contribution < -0.4 is 5.43 Å². The molecule has 0 unspecified atom stereocenters. The Balaban J connectivity index is 2.41. The highest BCUT2D eigenvalue weighted by Crippen LogP contribution is 2.17. The number of esters is 1. The molecule has 1 aromatic carbocycles. The van der Waals surface area contributed by atoms with E-state index in [-0.39, 0.29) is 23.3 Å². The molecule has 0 bridgehead atoms. The Bertz CT molecular complexity index is 697. The number of ether oxygens (including phenoxy) is 1. The van der Waals surface area contributed by atoms with Gasteiger partial charge >= 0.3 is 5.97 Å². The number of aromatic hydroxyl groups is 1. The van der Waals surface area contributed by atoms with E-state index >= 15 is 0 Å². The number of fused-ring (bicyclic) bond motifs is 1. The summed E-state index contributed by atoms with van der Waals surface area (Å²) in [7, 11) is 0. The summed E-state index contributed by atoms with van der Waals surface area (Å²) in [6.45, 7) is 1.97. The topological polar surface area (TPSA) is 76.7 Å². The minimum atomic E-state index is -0.521. The van der Waals surface area contributed by atoms with Gasteiger partial charge in [0.2, 0.25) is 0 Å². The Hall–Kier alpha value is -2.56. The highest BCUT2D eigenvalue weighted by atomic mass is 16.5. The predicted molar refractivity (Wildman–Crippen MR) is 69.8 cm³/mol. The van der Waals surface area contributed by atoms with Crippen molar-refractivity contribution in [1.82, 2.24) is 0 Å². The van der Waals surface area contributed by atoms with Crippen LogP contribution in [0.3, 0.4) is 0 Å². The molecule has 19 heavy (non-hydrogen) atoms. The fourth-order valence-corrected chi connectivity index (χ4v) is 1.60. The smallest absolute Gasteiger partial charge is 0.330 e. The van der Waals surface area contributed by atoms with Gasteiger partial charge in [-0.1, -0.05) is 0 Å². The van der Waals surface area contributed by atoms with Crippen molar-refractivity contribution in [2.24, 2.45) is 0 Å². The second-order valence-electron chi connectivity index (χ2n) is 3.79. The standard InChI is InChI=1S/C14H12O5/c1-2-18-13(16)6-3-9-8-19-12-7-10(15)4-5-11(12)14(9)17/h3-8,15H,2H2,1H3. The summed E-state index contributed by atoms with van der Waals surface area (Å²) in [5.74, 6) is -0.502. The van der Waals surface area contributed by atoms with Crippen molar-refractivity contribution < 1.29 is 19.1 Å². The first kappa shape index (κ1) is 12.9. The number of phenolic OH excluding ortho intramolecular Hbond substituents is 1. The third-order valence-electron chi connectivity index (χ3n) is 2.47. The molecular formula is C14H12O5. The Kier molecular flexibility index (Phi) is 3.66. The van der Waals surface area contributed by atoms with Gasteiger partial charge in [0, 0.05) is 12.1 Å². The molecule has 0 aliphatic rings. The summed E-state index contributed by atoms with van der Waals surface area (Å²) < 4.78 is 9.95. The number of phenols is 1. The molecule has 0 aliphatic carbocycles. The Morgan fingerprint density at radius 3 is 3.00 bits per heavy atom. The molecule has 0 saturated heterocycles. The lowest BCUT2D eigenvalue weighted by Crippen LogP contribution is -2.05. The molecule has 1 heterocycles. The van der Waals surface area contributed by atoms with E-state index in [2.05, 4.69) is 0 Å². The first-order valence-electron chi connectivity index (χ1n) is 5.71. The lowest BCUT2D eigenvalue weighted by atomic mass is 10.1. The molecule has 5 heteroatoms. The maximum Gasteiger partial charge on any atom is 0.330 e. The van der Waals surface area contributed by atoms with Crippen LogP contribution in [0, 0.1) is 0 Å². The molecule has 0 spiro atoms. The maximum atomic E-state index is 12.1. The number of hydrogen-bond acceptors (Lipinski definition) is 5. The van der Waals surface area contributed by atoms with Crippen LogP contribution in [0.5, 0.6) is 5.75 Å². The highest BCUT2D eigenvalue weighted by Gasteiger charge is 2.06. The molecule has 98 valence electrons. The molecular weight excluding hydrogens is 248 g/mol. The zero-order valence-electron chi connectivity index (χ0n) is 10.3. The predicted octanol–water partition coefficient (Wildman–Crippen LogP) is 2.07. The normalized spacial score (nSPS) is 11.0. The zero-order valence-corrected chi connectivity index (χ0v) is 10.3. The van der Waals surface area contributed by atoms with Crippen LogP contribution in [0.15, 0.2) is 39.7 Å². The molecule has 5 nitrogen and oxygen atoms in total. The average Bonchev–Trinajstić information content (AvgIpc) is 2.38. The van der Waals surface area contributed by atoms with Gasteiger partial charge in [0.05, 0.1) is 17.6 Å². The molecule has 0 aliphatic heterocycles. The first-order chi connectivity index (χ1) is 9.11. The molecule has 0 amide bonds. The van der Waals surface area contributed by atoms with Crippen LogP contribution in [0.2, 0.25) is 0 Å². The quantitative estimate of drug-likeness (QED) is 0.675. The van der Waals surface area contributed by atoms with Gasteiger partial charge in [-0.05, 0) is 25.1 Å². The molecule has 0 radical (unpaired) electrons. The second kappa shape index (κ2) is 5.39. The Labute approximate surface area is 108 Å². The summed E-state index contributed by atoms with van der Waals surface area (Å²) in [6, 6.07) is 4.23. The number of hydrogen-bond donors (Lipinski definition) is 1. The van der Waals surface area contributed by atoms with Gasteiger partial charge in [0.15, 0.2) is 5.43 Å². The number of rotatable bonds is 3. The fourth-order valence-electron chi connectivity index (χ4n) is 1.60. The number of benzene rings is 1. The zero-order chi connectivity index (χ0) is 13.8. The monoisotopic (exact) mass is 260 g/mol. The van der Waals surface area contributed by atoms with Crippen LogP contribution in [0.25, 0.3) is 17.0 Å². The molecule has 2 rings (SSSR count). The molecule has 1 N–H and O–H groups in total. The van der Waals surface area contributed by atoms with Gasteiger partial charge in [-0.2, -0.15) is 0 Å². The first-order valence-corrected chi connectivity index (χ1v) is 5.71. The molecule has 2 aromatic rings. The van der Waals surface area contributed by atoms with E-state index in [1.807, 2.05) is 0 Å². The van der Waals surface area contributed by atoms with Crippen LogP contribution in [0.4, 0.5) is 0 Å². The van der Waals surface area contributed by atoms with Crippen molar-refractivity contribution >= 4 is 23.0 Å². The van der Waals surface area contributed by atoms with Crippen LogP contribution >= 0.6 is 0 Å². The minimum Gasteiger partial charge on any atom is -0.508 e. The summed E-state index contributed by atoms with van der Waals surface area (Å²) >= 11 is 0. The van der Waals surface area contributed by atoms with E-state index in [9.17, 15) is 14.7 Å². The van der Waals surface area contributed by atoms with E-state index in [1.165, 1.54) is 36.6 Å². The highest BCUT2D eigenvalue weighted by molar-refractivity contribution is 5.88. The number of carbonyl (C=O) groups excluding carboxylic acids is 1. The third kappa shape index (κ3) is 2.82. The van der Waals surface area contributed by atoms with Crippen molar-refractivity contribution in [2.45, 2.75) is 6.92 Å². The lowest BCUT2D eigenvalue weighted by molar-refractivity contribution is -0.137. The van der Waals surface area contributed by atoms with E-state index < -0.39 is 5.97 Å². The Morgan fingerprint density at radius 1 is 1.47 bits per heavy atom. The second-order valence-corrected chi connectivity index (χ2v) is 3.79. The van der Waals surface area contributed by atoms with Gasteiger partial charge in [0.25, 0.3) is 0 Å². The van der Waals surface area contributed by atoms with Crippen molar-refractivity contribution in [1.29, 1.82) is 0 Å². The molecule has 0 fully saturated rings. The van der Waals surface area contributed by atoms with Crippen molar-refractivity contribution in [3.63, 3.8) is 0 Å². The summed E-state index contributed by atoms with van der Waals surface area (Å²) in [6.07, 6.45) is 3.75. The average molecular weight is 260 g/mol. The lowest BCUT2D eigenvalue weighted by Gasteiger charge is -1.99. The minimum absolute atomic E-state index is 0.0189. The van der Waals surface area contributed by atoms with E-state index in [4.69, 9.17) is 9.15 Å². The third-order valence-corrected chi connectivity index (χ3v) is 2.47. The molecule has 0 atom stereocenters. The van der Waals surface area contributed by atoms with Crippen LogP contribution in [-0.4, -0.2) is 17.7 Å². The van der Waals surface area contributed by atoms with Crippen LogP contribution in [0.1, 0.15) is 12.5 Å². The van der Waals surface area contributed by atoms with E-state index in [1.54, 1.807) is 6.92 Å². The van der Waals surface area contributed by atoms with Crippen molar-refractivity contribution in [2.75, 3.05) is 6.61 Å². The van der Waals surface area contributed by atoms with Gasteiger partial charge in [-0.15, -0.1) is 0 Å². The van der Waals surface area contributed by atoms with E-state index in [0.29, 0.717) is 11.0 Å². The molecule has 0 saturated carbocycles. The SMILES string of the molecule is CCOC(=O)C=Cc1coc2cc(O)ccc2c1=O.